The van der Waals surface area contributed by atoms with Crippen molar-refractivity contribution in [2.45, 2.75) is 97.4 Å². The van der Waals surface area contributed by atoms with Crippen LogP contribution in [0.25, 0.3) is 0 Å². The highest BCUT2D eigenvalue weighted by Gasteiger charge is 2.10. The molecule has 0 rings (SSSR count). The zero-order chi connectivity index (χ0) is 24.9. The van der Waals surface area contributed by atoms with Crippen LogP contribution in [0.5, 0.6) is 0 Å². The molecule has 7 heteroatoms. The van der Waals surface area contributed by atoms with Gasteiger partial charge in [-0.1, -0.05) is 58.1 Å². The maximum atomic E-state index is 9.87. The molecule has 0 bridgehead atoms. The SMILES string of the molecule is C/C(=C\CCCOCC(O)COCC(O)COCC(O)CO)CCCC(C)CCCC(C)C. The quantitative estimate of drug-likeness (QED) is 0.132. The average Bonchev–Trinajstić information content (AvgIpc) is 2.75. The van der Waals surface area contributed by atoms with Gasteiger partial charge in [0.15, 0.2) is 0 Å². The van der Waals surface area contributed by atoms with Crippen molar-refractivity contribution >= 4 is 0 Å². The monoisotopic (exact) mass is 476 g/mol. The van der Waals surface area contributed by atoms with E-state index in [0.29, 0.717) is 6.61 Å². The van der Waals surface area contributed by atoms with E-state index >= 15 is 0 Å². The molecule has 0 aliphatic carbocycles. The Morgan fingerprint density at radius 3 is 1.85 bits per heavy atom. The lowest BCUT2D eigenvalue weighted by Gasteiger charge is -2.15. The van der Waals surface area contributed by atoms with E-state index < -0.39 is 18.3 Å². The molecular formula is C26H52O7. The Bertz CT molecular complexity index is 456. The Morgan fingerprint density at radius 1 is 0.727 bits per heavy atom. The molecule has 0 fully saturated rings. The van der Waals surface area contributed by atoms with Crippen LogP contribution < -0.4 is 0 Å². The van der Waals surface area contributed by atoms with Crippen molar-refractivity contribution in [3.05, 3.63) is 11.6 Å². The van der Waals surface area contributed by atoms with Crippen molar-refractivity contribution in [2.24, 2.45) is 11.8 Å². The van der Waals surface area contributed by atoms with Crippen molar-refractivity contribution in [2.75, 3.05) is 46.2 Å². The molecular weight excluding hydrogens is 424 g/mol. The van der Waals surface area contributed by atoms with Crippen LogP contribution in [0.15, 0.2) is 11.6 Å². The number of hydrogen-bond donors (Lipinski definition) is 4. The van der Waals surface area contributed by atoms with Crippen LogP contribution >= 0.6 is 0 Å². The fourth-order valence-corrected chi connectivity index (χ4v) is 3.43. The van der Waals surface area contributed by atoms with Gasteiger partial charge in [0.25, 0.3) is 0 Å². The summed E-state index contributed by atoms with van der Waals surface area (Å²) >= 11 is 0. The minimum absolute atomic E-state index is 0.00604. The summed E-state index contributed by atoms with van der Waals surface area (Å²) in [7, 11) is 0. The van der Waals surface area contributed by atoms with Gasteiger partial charge in [0, 0.05) is 6.61 Å². The number of aliphatic hydroxyl groups excluding tert-OH is 4. The van der Waals surface area contributed by atoms with Crippen molar-refractivity contribution in [1.82, 2.24) is 0 Å². The number of aliphatic hydroxyl groups is 4. The summed E-state index contributed by atoms with van der Waals surface area (Å²) in [4.78, 5) is 0. The van der Waals surface area contributed by atoms with Crippen molar-refractivity contribution in [3.63, 3.8) is 0 Å². The minimum atomic E-state index is -0.949. The first-order valence-electron chi connectivity index (χ1n) is 12.8. The van der Waals surface area contributed by atoms with Gasteiger partial charge in [0.1, 0.15) is 18.3 Å². The molecule has 0 aromatic rings. The van der Waals surface area contributed by atoms with E-state index in [4.69, 9.17) is 24.4 Å². The molecule has 0 aromatic carbocycles. The molecule has 198 valence electrons. The summed E-state index contributed by atoms with van der Waals surface area (Å²) in [5.41, 5.74) is 1.45. The maximum Gasteiger partial charge on any atom is 0.101 e. The molecule has 0 spiro atoms. The zero-order valence-electron chi connectivity index (χ0n) is 21.6. The Balaban J connectivity index is 3.60. The summed E-state index contributed by atoms with van der Waals surface area (Å²) < 4.78 is 15.8. The first-order chi connectivity index (χ1) is 15.7. The molecule has 0 radical (unpaired) electrons. The van der Waals surface area contributed by atoms with E-state index in [2.05, 4.69) is 33.8 Å². The van der Waals surface area contributed by atoms with Gasteiger partial charge >= 0.3 is 0 Å². The summed E-state index contributed by atoms with van der Waals surface area (Å²) in [6.07, 6.45) is 9.45. The Kier molecular flexibility index (Phi) is 21.6. The van der Waals surface area contributed by atoms with Gasteiger partial charge in [-0.3, -0.25) is 0 Å². The summed E-state index contributed by atoms with van der Waals surface area (Å²) in [6, 6.07) is 0. The number of allylic oxidation sites excluding steroid dienone is 2. The van der Waals surface area contributed by atoms with Gasteiger partial charge in [0.2, 0.25) is 0 Å². The fraction of sp³-hybridized carbons (Fsp3) is 0.923. The third-order valence-corrected chi connectivity index (χ3v) is 5.49. The van der Waals surface area contributed by atoms with Gasteiger partial charge in [0.05, 0.1) is 39.6 Å². The van der Waals surface area contributed by atoms with Crippen LogP contribution in [-0.4, -0.2) is 85.0 Å². The third-order valence-electron chi connectivity index (χ3n) is 5.49. The predicted molar refractivity (Wildman–Crippen MR) is 132 cm³/mol. The van der Waals surface area contributed by atoms with Crippen LogP contribution in [0.1, 0.15) is 79.1 Å². The average molecular weight is 477 g/mol. The highest BCUT2D eigenvalue weighted by Crippen LogP contribution is 2.19. The summed E-state index contributed by atoms with van der Waals surface area (Å²) in [5, 5.41) is 37.4. The van der Waals surface area contributed by atoms with Crippen LogP contribution in [0.2, 0.25) is 0 Å². The van der Waals surface area contributed by atoms with Gasteiger partial charge in [-0.15, -0.1) is 0 Å². The molecule has 0 saturated heterocycles. The van der Waals surface area contributed by atoms with Gasteiger partial charge in [-0.05, 0) is 44.4 Å². The van der Waals surface area contributed by atoms with E-state index in [1.807, 2.05) is 0 Å². The molecule has 0 saturated carbocycles. The number of rotatable bonds is 23. The van der Waals surface area contributed by atoms with Gasteiger partial charge in [-0.2, -0.15) is 0 Å². The number of unbranched alkanes of at least 4 members (excludes halogenated alkanes) is 1. The van der Waals surface area contributed by atoms with E-state index in [1.165, 1.54) is 44.1 Å². The van der Waals surface area contributed by atoms with E-state index in [9.17, 15) is 10.2 Å². The lowest BCUT2D eigenvalue weighted by atomic mass is 9.94. The molecule has 0 aromatic heterocycles. The van der Waals surface area contributed by atoms with Gasteiger partial charge in [-0.25, -0.2) is 0 Å². The molecule has 7 nitrogen and oxygen atoms in total. The van der Waals surface area contributed by atoms with Crippen molar-refractivity contribution < 1.29 is 34.6 Å². The second kappa shape index (κ2) is 22.0. The first-order valence-corrected chi connectivity index (χ1v) is 12.8. The van der Waals surface area contributed by atoms with Crippen LogP contribution in [0, 0.1) is 11.8 Å². The number of ether oxygens (including phenoxy) is 3. The normalized spacial score (nSPS) is 16.2. The smallest absolute Gasteiger partial charge is 0.101 e. The molecule has 4 atom stereocenters. The maximum absolute atomic E-state index is 9.87. The Morgan fingerprint density at radius 2 is 1.27 bits per heavy atom. The highest BCUT2D eigenvalue weighted by molar-refractivity contribution is 4.97. The fourth-order valence-electron chi connectivity index (χ4n) is 3.43. The van der Waals surface area contributed by atoms with Crippen molar-refractivity contribution in [1.29, 1.82) is 0 Å². The molecule has 4 N–H and O–H groups in total. The second-order valence-corrected chi connectivity index (χ2v) is 9.81. The summed E-state index contributed by atoms with van der Waals surface area (Å²) in [5.74, 6) is 1.64. The minimum Gasteiger partial charge on any atom is -0.394 e. The zero-order valence-corrected chi connectivity index (χ0v) is 21.6. The largest absolute Gasteiger partial charge is 0.394 e. The number of hydrogen-bond acceptors (Lipinski definition) is 7. The molecule has 0 heterocycles. The Hall–Kier alpha value is -0.540. The molecule has 0 aliphatic rings. The van der Waals surface area contributed by atoms with Crippen molar-refractivity contribution in [3.8, 4) is 0 Å². The summed E-state index contributed by atoms with van der Waals surface area (Å²) in [6.45, 7) is 9.63. The van der Waals surface area contributed by atoms with Crippen LogP contribution in [-0.2, 0) is 14.2 Å². The Labute approximate surface area is 202 Å². The first kappa shape index (κ1) is 32.5. The highest BCUT2D eigenvalue weighted by atomic mass is 16.5. The van der Waals surface area contributed by atoms with E-state index in [1.54, 1.807) is 0 Å². The van der Waals surface area contributed by atoms with E-state index in [-0.39, 0.29) is 39.6 Å². The molecule has 0 amide bonds. The topological polar surface area (TPSA) is 109 Å². The molecule has 0 aliphatic heterocycles. The molecule has 4 unspecified atom stereocenters. The van der Waals surface area contributed by atoms with Crippen LogP contribution in [0.3, 0.4) is 0 Å². The molecule has 33 heavy (non-hydrogen) atoms. The van der Waals surface area contributed by atoms with E-state index in [0.717, 1.165) is 24.7 Å². The second-order valence-electron chi connectivity index (χ2n) is 9.81. The third kappa shape index (κ3) is 23.0. The standard InChI is InChI=1S/C26H52O7/c1-21(2)9-7-11-23(4)13-8-12-22(3)10-5-6-14-31-17-25(29)18-33-20-26(30)19-32-16-24(28)15-27/h10,21,23-30H,5-9,11-20H2,1-4H3/b22-10+. The van der Waals surface area contributed by atoms with Gasteiger partial charge < -0.3 is 34.6 Å². The van der Waals surface area contributed by atoms with Crippen LogP contribution in [0.4, 0.5) is 0 Å². The predicted octanol–water partition coefficient (Wildman–Crippen LogP) is 3.47. The lowest BCUT2D eigenvalue weighted by molar-refractivity contribution is -0.0675. The lowest BCUT2D eigenvalue weighted by Crippen LogP contribution is -2.29.